The summed E-state index contributed by atoms with van der Waals surface area (Å²) in [6.07, 6.45) is 3.75. The number of hydrogen-bond donors (Lipinski definition) is 0. The lowest BCUT2D eigenvalue weighted by Crippen LogP contribution is -2.44. The molecule has 0 spiro atoms. The van der Waals surface area contributed by atoms with Gasteiger partial charge in [0.2, 0.25) is 5.88 Å². The van der Waals surface area contributed by atoms with Crippen LogP contribution in [0.25, 0.3) is 11.3 Å². The Labute approximate surface area is 199 Å². The van der Waals surface area contributed by atoms with Crippen LogP contribution in [0.1, 0.15) is 53.5 Å². The molecule has 7 nitrogen and oxygen atoms in total. The van der Waals surface area contributed by atoms with Crippen molar-refractivity contribution in [3.8, 4) is 28.6 Å². The monoisotopic (exact) mass is 494 g/mol. The van der Waals surface area contributed by atoms with E-state index in [0.717, 1.165) is 16.9 Å². The van der Waals surface area contributed by atoms with Crippen molar-refractivity contribution in [3.63, 3.8) is 0 Å². The van der Waals surface area contributed by atoms with Crippen molar-refractivity contribution >= 4 is 15.9 Å². The fraction of sp³-hybridized carbons (Fsp3) is 0.583. The molecule has 1 aromatic heterocycles. The summed E-state index contributed by atoms with van der Waals surface area (Å²) >= 11 is 0. The Morgan fingerprint density at radius 2 is 1.76 bits per heavy atom. The highest BCUT2D eigenvalue weighted by Gasteiger charge is 2.40. The average Bonchev–Trinajstić information content (AvgIpc) is 2.74. The second-order valence-electron chi connectivity index (χ2n) is 9.70. The van der Waals surface area contributed by atoms with Gasteiger partial charge in [-0.15, -0.1) is 0 Å². The van der Waals surface area contributed by atoms with E-state index in [1.807, 2.05) is 32.9 Å². The SMILES string of the molecule is CCOP(=O)(Oc1nccnc1-c1cc(C)c(O[Si](C)(C)C(C)(C)C)c(OC)c1)C(C)CC. The Morgan fingerprint density at radius 1 is 1.12 bits per heavy atom. The molecule has 0 amide bonds. The Morgan fingerprint density at radius 3 is 2.30 bits per heavy atom. The van der Waals surface area contributed by atoms with Gasteiger partial charge in [0, 0.05) is 18.0 Å². The second kappa shape index (κ2) is 10.6. The van der Waals surface area contributed by atoms with E-state index in [2.05, 4.69) is 43.8 Å². The molecular formula is C24H39N2O5PSi. The molecule has 1 aromatic carbocycles. The van der Waals surface area contributed by atoms with Crippen molar-refractivity contribution in [3.05, 3.63) is 30.1 Å². The van der Waals surface area contributed by atoms with E-state index in [1.54, 1.807) is 20.2 Å². The summed E-state index contributed by atoms with van der Waals surface area (Å²) in [6.45, 7) is 18.9. The average molecular weight is 495 g/mol. The maximum atomic E-state index is 13.4. The molecule has 2 unspecified atom stereocenters. The van der Waals surface area contributed by atoms with Crippen LogP contribution in [0.5, 0.6) is 17.4 Å². The first-order valence-corrected chi connectivity index (χ1v) is 15.9. The van der Waals surface area contributed by atoms with Gasteiger partial charge in [0.1, 0.15) is 11.4 Å². The van der Waals surface area contributed by atoms with Crippen molar-refractivity contribution in [2.45, 2.75) is 78.7 Å². The Bertz CT molecular complexity index is 1010. The Kier molecular flexibility index (Phi) is 8.77. The molecular weight excluding hydrogens is 455 g/mol. The highest BCUT2D eigenvalue weighted by Crippen LogP contribution is 2.54. The number of ether oxygens (including phenoxy) is 1. The molecule has 0 saturated heterocycles. The summed E-state index contributed by atoms with van der Waals surface area (Å²) in [5.41, 5.74) is 1.85. The van der Waals surface area contributed by atoms with Gasteiger partial charge in [0.05, 0.1) is 19.4 Å². The quantitative estimate of drug-likeness (QED) is 0.254. The molecule has 2 rings (SSSR count). The summed E-state index contributed by atoms with van der Waals surface area (Å²) in [5.74, 6) is 1.52. The normalized spacial score (nSPS) is 15.0. The van der Waals surface area contributed by atoms with Gasteiger partial charge in [0.15, 0.2) is 5.75 Å². The van der Waals surface area contributed by atoms with Gasteiger partial charge < -0.3 is 13.7 Å². The summed E-state index contributed by atoms with van der Waals surface area (Å²) in [6, 6.07) is 3.83. The lowest BCUT2D eigenvalue weighted by Gasteiger charge is -2.37. The molecule has 1 heterocycles. The van der Waals surface area contributed by atoms with Crippen molar-refractivity contribution in [2.24, 2.45) is 0 Å². The highest BCUT2D eigenvalue weighted by molar-refractivity contribution is 7.55. The van der Waals surface area contributed by atoms with E-state index in [0.29, 0.717) is 17.9 Å². The van der Waals surface area contributed by atoms with Gasteiger partial charge in [-0.2, -0.15) is 0 Å². The van der Waals surface area contributed by atoms with Crippen molar-refractivity contribution < 1.29 is 22.8 Å². The van der Waals surface area contributed by atoms with Gasteiger partial charge in [-0.1, -0.05) is 27.7 Å². The number of aryl methyl sites for hydroxylation is 1. The molecule has 2 aromatic rings. The zero-order chi connectivity index (χ0) is 25.0. The molecule has 0 saturated carbocycles. The standard InChI is InChI=1S/C24H39N2O5PSi/c1-11-18(4)32(27,29-12-2)30-23-21(25-13-14-26-23)19-15-17(3)22(20(16-19)28-8)31-33(9,10)24(5,6)7/h13-16,18H,11-12H2,1-10H3. The van der Waals surface area contributed by atoms with E-state index < -0.39 is 15.9 Å². The third kappa shape index (κ3) is 6.17. The molecule has 0 aliphatic heterocycles. The van der Waals surface area contributed by atoms with Crippen LogP contribution in [0.2, 0.25) is 18.1 Å². The van der Waals surface area contributed by atoms with Crippen molar-refractivity contribution in [2.75, 3.05) is 13.7 Å². The molecule has 33 heavy (non-hydrogen) atoms. The van der Waals surface area contributed by atoms with E-state index in [9.17, 15) is 4.57 Å². The molecule has 0 N–H and O–H groups in total. The topological polar surface area (TPSA) is 79.8 Å². The lowest BCUT2D eigenvalue weighted by molar-refractivity contribution is 0.268. The van der Waals surface area contributed by atoms with Gasteiger partial charge in [-0.25, -0.2) is 14.5 Å². The number of hydrogen-bond acceptors (Lipinski definition) is 7. The fourth-order valence-corrected chi connectivity index (χ4v) is 5.67. The molecule has 2 atom stereocenters. The number of nitrogens with zero attached hydrogens (tertiary/aromatic N) is 2. The van der Waals surface area contributed by atoms with Crippen molar-refractivity contribution in [1.29, 1.82) is 0 Å². The number of rotatable bonds is 10. The van der Waals surface area contributed by atoms with Crippen LogP contribution in [0, 0.1) is 6.92 Å². The van der Waals surface area contributed by atoms with Gasteiger partial charge in [-0.05, 0) is 63.0 Å². The number of aromatic nitrogens is 2. The van der Waals surface area contributed by atoms with Crippen LogP contribution in [-0.4, -0.2) is 37.7 Å². The highest BCUT2D eigenvalue weighted by atomic mass is 31.2. The number of methoxy groups -OCH3 is 1. The summed E-state index contributed by atoms with van der Waals surface area (Å²) in [4.78, 5) is 8.82. The predicted molar refractivity (Wildman–Crippen MR) is 136 cm³/mol. The Balaban J connectivity index is 2.55. The van der Waals surface area contributed by atoms with E-state index in [1.165, 1.54) is 6.20 Å². The molecule has 0 radical (unpaired) electrons. The van der Waals surface area contributed by atoms with Gasteiger partial charge in [-0.3, -0.25) is 4.52 Å². The first-order valence-electron chi connectivity index (χ1n) is 11.4. The summed E-state index contributed by atoms with van der Waals surface area (Å²) in [5, 5.41) is 0.0471. The van der Waals surface area contributed by atoms with Crippen molar-refractivity contribution in [1.82, 2.24) is 9.97 Å². The smallest absolute Gasteiger partial charge is 0.383 e. The maximum Gasteiger partial charge on any atom is 0.383 e. The second-order valence-corrected chi connectivity index (χ2v) is 16.8. The minimum atomic E-state index is -3.42. The van der Waals surface area contributed by atoms with Crippen LogP contribution in [0.3, 0.4) is 0 Å². The van der Waals surface area contributed by atoms with Gasteiger partial charge in [0.25, 0.3) is 8.32 Å². The molecule has 0 aliphatic carbocycles. The third-order valence-corrected chi connectivity index (χ3v) is 13.0. The van der Waals surface area contributed by atoms with Crippen LogP contribution in [0.15, 0.2) is 24.5 Å². The largest absolute Gasteiger partial charge is 0.541 e. The molecule has 0 bridgehead atoms. The zero-order valence-electron chi connectivity index (χ0n) is 21.7. The van der Waals surface area contributed by atoms with E-state index in [-0.39, 0.29) is 23.2 Å². The first kappa shape index (κ1) is 27.4. The molecule has 9 heteroatoms. The summed E-state index contributed by atoms with van der Waals surface area (Å²) in [7, 11) is -3.87. The lowest BCUT2D eigenvalue weighted by atomic mass is 10.1. The van der Waals surface area contributed by atoms with Crippen LogP contribution in [-0.2, 0) is 9.09 Å². The van der Waals surface area contributed by atoms with Gasteiger partial charge >= 0.3 is 7.60 Å². The minimum Gasteiger partial charge on any atom is -0.541 e. The Hall–Kier alpha value is -1.89. The summed E-state index contributed by atoms with van der Waals surface area (Å²) < 4.78 is 37.3. The van der Waals surface area contributed by atoms with Crippen LogP contribution < -0.4 is 13.7 Å². The third-order valence-electron chi connectivity index (χ3n) is 6.22. The predicted octanol–water partition coefficient (Wildman–Crippen LogP) is 7.25. The van der Waals surface area contributed by atoms with Crippen LogP contribution >= 0.6 is 7.60 Å². The maximum absolute atomic E-state index is 13.4. The van der Waals surface area contributed by atoms with Crippen LogP contribution in [0.4, 0.5) is 0 Å². The molecule has 0 fully saturated rings. The zero-order valence-corrected chi connectivity index (χ0v) is 23.6. The van der Waals surface area contributed by atoms with E-state index in [4.69, 9.17) is 18.2 Å². The molecule has 184 valence electrons. The minimum absolute atomic E-state index is 0.0471. The number of benzene rings is 1. The first-order chi connectivity index (χ1) is 15.3. The molecule has 0 aliphatic rings. The fourth-order valence-electron chi connectivity index (χ4n) is 2.93. The van der Waals surface area contributed by atoms with E-state index >= 15 is 0 Å².